The van der Waals surface area contributed by atoms with Crippen LogP contribution in [-0.2, 0) is 11.8 Å². The first-order valence-corrected chi connectivity index (χ1v) is 21.0. The standard InChI is InChI=1S/C45H73N3O4/c1-7-12-13-14-15-16-17-18-19-20-25-45(37-46,39-33-43(51-29-10-4)36-44(34-39)52-30-11-5)26-21-22-40(48-47-6)24-23-38-31-41(49-27-8-2)35-42(32-38)50-28-9-3/h31-36,40H,7-30H2,1-6H3. The lowest BCUT2D eigenvalue weighted by Gasteiger charge is -2.29. The normalized spacial score (nSPS) is 13.1. The Balaban J connectivity index is 2.21. The van der Waals surface area contributed by atoms with Gasteiger partial charge in [-0.25, -0.2) is 0 Å². The molecule has 0 N–H and O–H groups in total. The number of rotatable bonds is 32. The molecule has 0 amide bonds. The summed E-state index contributed by atoms with van der Waals surface area (Å²) in [4.78, 5) is 0. The molecule has 0 saturated heterocycles. The maximum absolute atomic E-state index is 11.0. The summed E-state index contributed by atoms with van der Waals surface area (Å²) < 4.78 is 24.3. The first-order chi connectivity index (χ1) is 25.5. The van der Waals surface area contributed by atoms with Crippen molar-refractivity contribution in [2.75, 3.05) is 33.5 Å². The van der Waals surface area contributed by atoms with Crippen molar-refractivity contribution in [3.8, 4) is 29.1 Å². The molecule has 0 fully saturated rings. The fourth-order valence-corrected chi connectivity index (χ4v) is 6.74. The van der Waals surface area contributed by atoms with Gasteiger partial charge >= 0.3 is 0 Å². The molecule has 0 bridgehead atoms. The number of ether oxygens (including phenoxy) is 4. The molecule has 0 aliphatic carbocycles. The zero-order valence-corrected chi connectivity index (χ0v) is 34.0. The first-order valence-electron chi connectivity index (χ1n) is 21.0. The molecule has 7 nitrogen and oxygen atoms in total. The second kappa shape index (κ2) is 28.3. The van der Waals surface area contributed by atoms with Gasteiger partial charge < -0.3 is 18.9 Å². The second-order valence-electron chi connectivity index (χ2n) is 14.4. The third-order valence-corrected chi connectivity index (χ3v) is 9.62. The van der Waals surface area contributed by atoms with E-state index in [1.165, 1.54) is 56.9 Å². The molecule has 0 aliphatic rings. The van der Waals surface area contributed by atoms with Gasteiger partial charge in [0.1, 0.15) is 23.0 Å². The molecule has 0 saturated carbocycles. The van der Waals surface area contributed by atoms with Gasteiger partial charge in [0, 0.05) is 19.2 Å². The molecule has 0 radical (unpaired) electrons. The Morgan fingerprint density at radius 2 is 1.00 bits per heavy atom. The van der Waals surface area contributed by atoms with Gasteiger partial charge in [0.15, 0.2) is 0 Å². The minimum absolute atomic E-state index is 0.0709. The highest BCUT2D eigenvalue weighted by molar-refractivity contribution is 5.45. The summed E-state index contributed by atoms with van der Waals surface area (Å²) in [6.45, 7) is 13.4. The molecule has 2 atom stereocenters. The molecule has 292 valence electrons. The number of nitriles is 1. The third kappa shape index (κ3) is 18.0. The Morgan fingerprint density at radius 1 is 0.558 bits per heavy atom. The molecule has 7 heteroatoms. The highest BCUT2D eigenvalue weighted by Crippen LogP contribution is 2.40. The van der Waals surface area contributed by atoms with Crippen LogP contribution >= 0.6 is 0 Å². The monoisotopic (exact) mass is 720 g/mol. The van der Waals surface area contributed by atoms with Crippen molar-refractivity contribution >= 4 is 0 Å². The molecule has 0 heterocycles. The molecule has 2 rings (SSSR count). The molecular formula is C45H73N3O4. The predicted molar refractivity (Wildman–Crippen MR) is 217 cm³/mol. The van der Waals surface area contributed by atoms with Gasteiger partial charge in [-0.3, -0.25) is 0 Å². The van der Waals surface area contributed by atoms with E-state index in [-0.39, 0.29) is 6.04 Å². The van der Waals surface area contributed by atoms with Crippen molar-refractivity contribution in [1.29, 1.82) is 5.26 Å². The van der Waals surface area contributed by atoms with Gasteiger partial charge in [-0.1, -0.05) is 98.8 Å². The maximum Gasteiger partial charge on any atom is 0.123 e. The van der Waals surface area contributed by atoms with Gasteiger partial charge in [0.2, 0.25) is 0 Å². The highest BCUT2D eigenvalue weighted by atomic mass is 16.5. The van der Waals surface area contributed by atoms with E-state index in [1.54, 1.807) is 7.05 Å². The van der Waals surface area contributed by atoms with Crippen LogP contribution in [0.1, 0.15) is 168 Å². The number of benzene rings is 2. The number of hydrogen-bond acceptors (Lipinski definition) is 7. The van der Waals surface area contributed by atoms with E-state index in [2.05, 4.69) is 75.2 Å². The van der Waals surface area contributed by atoms with Crippen molar-refractivity contribution in [2.24, 2.45) is 10.2 Å². The number of azo groups is 1. The van der Waals surface area contributed by atoms with Crippen LogP contribution in [0.5, 0.6) is 23.0 Å². The van der Waals surface area contributed by atoms with Crippen LogP contribution in [0.3, 0.4) is 0 Å². The van der Waals surface area contributed by atoms with Gasteiger partial charge in [-0.05, 0) is 99.6 Å². The lowest BCUT2D eigenvalue weighted by atomic mass is 9.73. The minimum atomic E-state index is -0.625. The Labute approximate surface area is 318 Å². The third-order valence-electron chi connectivity index (χ3n) is 9.62. The summed E-state index contributed by atoms with van der Waals surface area (Å²) in [5, 5.41) is 19.9. The average molecular weight is 720 g/mol. The zero-order valence-electron chi connectivity index (χ0n) is 34.0. The van der Waals surface area contributed by atoms with E-state index >= 15 is 0 Å². The molecule has 0 spiro atoms. The van der Waals surface area contributed by atoms with E-state index in [0.717, 1.165) is 106 Å². The van der Waals surface area contributed by atoms with E-state index in [4.69, 9.17) is 18.9 Å². The van der Waals surface area contributed by atoms with Gasteiger partial charge in [0.05, 0.1) is 44.0 Å². The van der Waals surface area contributed by atoms with Crippen molar-refractivity contribution < 1.29 is 18.9 Å². The molecule has 2 aromatic carbocycles. The van der Waals surface area contributed by atoms with E-state index in [9.17, 15) is 5.26 Å². The molecule has 0 aromatic heterocycles. The van der Waals surface area contributed by atoms with Crippen LogP contribution < -0.4 is 18.9 Å². The predicted octanol–water partition coefficient (Wildman–Crippen LogP) is 13.2. The van der Waals surface area contributed by atoms with Crippen LogP contribution in [0.15, 0.2) is 46.6 Å². The second-order valence-corrected chi connectivity index (χ2v) is 14.4. The SMILES string of the molecule is CCCCCCCCCCCCC(C#N)(CCCC(CCc1cc(OCCC)cc(OCCC)c1)N=NC)c1cc(OCCC)cc(OCCC)c1. The van der Waals surface area contributed by atoms with E-state index in [0.29, 0.717) is 26.4 Å². The molecule has 2 unspecified atom stereocenters. The topological polar surface area (TPSA) is 85.4 Å². The van der Waals surface area contributed by atoms with Crippen molar-refractivity contribution in [2.45, 2.75) is 174 Å². The smallest absolute Gasteiger partial charge is 0.123 e. The van der Waals surface area contributed by atoms with E-state index in [1.807, 2.05) is 12.1 Å². The summed E-state index contributed by atoms with van der Waals surface area (Å²) in [6, 6.07) is 15.4. The molecule has 52 heavy (non-hydrogen) atoms. The molecular weight excluding hydrogens is 647 g/mol. The summed E-state index contributed by atoms with van der Waals surface area (Å²) in [5.41, 5.74) is 1.58. The number of hydrogen-bond donors (Lipinski definition) is 0. The number of aryl methyl sites for hydroxylation is 1. The average Bonchev–Trinajstić information content (AvgIpc) is 3.16. The van der Waals surface area contributed by atoms with Crippen LogP contribution in [0.4, 0.5) is 0 Å². The highest BCUT2D eigenvalue weighted by Gasteiger charge is 2.33. The van der Waals surface area contributed by atoms with Crippen LogP contribution in [0.2, 0.25) is 0 Å². The lowest BCUT2D eigenvalue weighted by molar-refractivity contribution is 0.299. The van der Waals surface area contributed by atoms with Crippen LogP contribution in [-0.4, -0.2) is 39.5 Å². The zero-order chi connectivity index (χ0) is 37.7. The largest absolute Gasteiger partial charge is 0.493 e. The summed E-state index contributed by atoms with van der Waals surface area (Å²) in [5.74, 6) is 3.30. The van der Waals surface area contributed by atoms with Crippen LogP contribution in [0.25, 0.3) is 0 Å². The van der Waals surface area contributed by atoms with Gasteiger partial charge in [-0.15, -0.1) is 0 Å². The molecule has 2 aromatic rings. The number of unbranched alkanes of at least 4 members (excludes halogenated alkanes) is 9. The van der Waals surface area contributed by atoms with Crippen molar-refractivity contribution in [3.05, 3.63) is 47.5 Å². The van der Waals surface area contributed by atoms with Crippen molar-refractivity contribution in [1.82, 2.24) is 0 Å². The minimum Gasteiger partial charge on any atom is -0.493 e. The first kappa shape index (κ1) is 44.9. The fraction of sp³-hybridized carbons (Fsp3) is 0.711. The van der Waals surface area contributed by atoms with Gasteiger partial charge in [0.25, 0.3) is 0 Å². The fourth-order valence-electron chi connectivity index (χ4n) is 6.74. The maximum atomic E-state index is 11.0. The molecule has 0 aliphatic heterocycles. The van der Waals surface area contributed by atoms with Crippen molar-refractivity contribution in [3.63, 3.8) is 0 Å². The summed E-state index contributed by atoms with van der Waals surface area (Å²) >= 11 is 0. The van der Waals surface area contributed by atoms with Crippen LogP contribution in [0, 0.1) is 11.3 Å². The van der Waals surface area contributed by atoms with E-state index < -0.39 is 5.41 Å². The summed E-state index contributed by atoms with van der Waals surface area (Å²) in [7, 11) is 1.76. The lowest BCUT2D eigenvalue weighted by Crippen LogP contribution is -2.25. The Morgan fingerprint density at radius 3 is 1.44 bits per heavy atom. The Hall–Kier alpha value is -3.27. The Kier molecular flexibility index (Phi) is 24.4. The quantitative estimate of drug-likeness (QED) is 0.0555. The Bertz CT molecular complexity index is 1220. The summed E-state index contributed by atoms with van der Waals surface area (Å²) in [6.07, 6.45) is 21.6. The number of nitrogens with zero attached hydrogens (tertiary/aromatic N) is 3. The van der Waals surface area contributed by atoms with Gasteiger partial charge in [-0.2, -0.15) is 15.5 Å².